The number of pyridine rings is 1. The lowest BCUT2D eigenvalue weighted by molar-refractivity contribution is 0.0962. The zero-order valence-corrected chi connectivity index (χ0v) is 16.9. The molecule has 0 saturated carbocycles. The van der Waals surface area contributed by atoms with Gasteiger partial charge in [0.05, 0.1) is 26.1 Å². The lowest BCUT2D eigenvalue weighted by atomic mass is 10.0. The zero-order chi connectivity index (χ0) is 21.5. The standard InChI is InChI=1S/C21H22FN5O3/c1-23-20(28)15-8-14(19(22)17(9-15)29-2)5-4-13-10-25-21(26-11-13)27-16-6-7-18(30-3)24-12-16/h6-12H,4-5H2,1-3H3,(H,23,28)(H,25,26,27). The second kappa shape index (κ2) is 9.64. The van der Waals surface area contributed by atoms with E-state index in [9.17, 15) is 9.18 Å². The van der Waals surface area contributed by atoms with Crippen LogP contribution in [-0.2, 0) is 12.8 Å². The van der Waals surface area contributed by atoms with Crippen LogP contribution in [0.2, 0.25) is 0 Å². The van der Waals surface area contributed by atoms with Crippen molar-refractivity contribution in [3.8, 4) is 11.6 Å². The maximum atomic E-state index is 14.6. The number of nitrogens with zero attached hydrogens (tertiary/aromatic N) is 3. The third-order valence-electron chi connectivity index (χ3n) is 4.41. The van der Waals surface area contributed by atoms with E-state index in [4.69, 9.17) is 9.47 Å². The SMILES string of the molecule is CNC(=O)c1cc(CCc2cnc(Nc3ccc(OC)nc3)nc2)c(F)c(OC)c1. The molecule has 0 aliphatic rings. The summed E-state index contributed by atoms with van der Waals surface area (Å²) in [5.41, 5.74) is 2.29. The van der Waals surface area contributed by atoms with E-state index in [2.05, 4.69) is 25.6 Å². The first-order valence-electron chi connectivity index (χ1n) is 9.20. The summed E-state index contributed by atoms with van der Waals surface area (Å²) >= 11 is 0. The molecule has 30 heavy (non-hydrogen) atoms. The summed E-state index contributed by atoms with van der Waals surface area (Å²) in [6.45, 7) is 0. The van der Waals surface area contributed by atoms with Crippen LogP contribution in [0.1, 0.15) is 21.5 Å². The first-order valence-corrected chi connectivity index (χ1v) is 9.20. The Kier molecular flexibility index (Phi) is 6.74. The highest BCUT2D eigenvalue weighted by atomic mass is 19.1. The second-order valence-electron chi connectivity index (χ2n) is 6.36. The van der Waals surface area contributed by atoms with Gasteiger partial charge in [-0.25, -0.2) is 19.3 Å². The summed E-state index contributed by atoms with van der Waals surface area (Å²) in [4.78, 5) is 24.6. The van der Waals surface area contributed by atoms with E-state index >= 15 is 0 Å². The van der Waals surface area contributed by atoms with Crippen LogP contribution in [0.15, 0.2) is 42.9 Å². The summed E-state index contributed by atoms with van der Waals surface area (Å²) in [6, 6.07) is 6.45. The van der Waals surface area contributed by atoms with Crippen LogP contribution < -0.4 is 20.1 Å². The Hall–Kier alpha value is -3.75. The lowest BCUT2D eigenvalue weighted by Crippen LogP contribution is -2.18. The van der Waals surface area contributed by atoms with Gasteiger partial charge in [0.25, 0.3) is 5.91 Å². The van der Waals surface area contributed by atoms with E-state index in [0.29, 0.717) is 35.8 Å². The Morgan fingerprint density at radius 2 is 1.80 bits per heavy atom. The topological polar surface area (TPSA) is 98.3 Å². The van der Waals surface area contributed by atoms with Crippen molar-refractivity contribution >= 4 is 17.5 Å². The number of hydrogen-bond acceptors (Lipinski definition) is 7. The van der Waals surface area contributed by atoms with Crippen molar-refractivity contribution in [1.82, 2.24) is 20.3 Å². The van der Waals surface area contributed by atoms with E-state index in [-0.39, 0.29) is 11.7 Å². The van der Waals surface area contributed by atoms with Gasteiger partial charge in [0.2, 0.25) is 11.8 Å². The number of aromatic nitrogens is 3. The van der Waals surface area contributed by atoms with Gasteiger partial charge in [-0.3, -0.25) is 4.79 Å². The maximum absolute atomic E-state index is 14.6. The molecular formula is C21H22FN5O3. The molecule has 0 aliphatic heterocycles. The molecule has 1 aromatic carbocycles. The van der Waals surface area contributed by atoms with Crippen molar-refractivity contribution in [1.29, 1.82) is 0 Å². The van der Waals surface area contributed by atoms with Crippen LogP contribution in [0.4, 0.5) is 16.0 Å². The molecule has 0 aliphatic carbocycles. The van der Waals surface area contributed by atoms with Gasteiger partial charge in [-0.15, -0.1) is 0 Å². The third kappa shape index (κ3) is 4.99. The number of methoxy groups -OCH3 is 2. The van der Waals surface area contributed by atoms with Crippen LogP contribution in [-0.4, -0.2) is 42.1 Å². The van der Waals surface area contributed by atoms with Gasteiger partial charge >= 0.3 is 0 Å². The number of ether oxygens (including phenoxy) is 2. The molecule has 0 fully saturated rings. The minimum Gasteiger partial charge on any atom is -0.494 e. The van der Waals surface area contributed by atoms with Gasteiger partial charge in [0.1, 0.15) is 0 Å². The third-order valence-corrected chi connectivity index (χ3v) is 4.41. The van der Waals surface area contributed by atoms with Gasteiger partial charge in [0.15, 0.2) is 11.6 Å². The molecule has 1 amide bonds. The van der Waals surface area contributed by atoms with Crippen molar-refractivity contribution in [2.45, 2.75) is 12.8 Å². The Bertz CT molecular complexity index is 1010. The second-order valence-corrected chi connectivity index (χ2v) is 6.36. The quantitative estimate of drug-likeness (QED) is 0.588. The molecule has 2 heterocycles. The van der Waals surface area contributed by atoms with Crippen molar-refractivity contribution < 1.29 is 18.7 Å². The van der Waals surface area contributed by atoms with Gasteiger partial charge in [-0.1, -0.05) is 0 Å². The van der Waals surface area contributed by atoms with Crippen LogP contribution in [0.5, 0.6) is 11.6 Å². The van der Waals surface area contributed by atoms with Gasteiger partial charge in [-0.05, 0) is 42.2 Å². The largest absolute Gasteiger partial charge is 0.494 e. The number of carbonyl (C=O) groups excluding carboxylic acids is 1. The highest BCUT2D eigenvalue weighted by Crippen LogP contribution is 2.24. The molecule has 0 atom stereocenters. The minimum atomic E-state index is -0.476. The predicted octanol–water partition coefficient (Wildman–Crippen LogP) is 2.92. The molecule has 156 valence electrons. The number of anilines is 2. The summed E-state index contributed by atoms with van der Waals surface area (Å²) in [7, 11) is 4.44. The molecule has 3 aromatic rings. The highest BCUT2D eigenvalue weighted by Gasteiger charge is 2.15. The van der Waals surface area contributed by atoms with Crippen LogP contribution in [0.3, 0.4) is 0 Å². The predicted molar refractivity (Wildman–Crippen MR) is 110 cm³/mol. The average molecular weight is 411 g/mol. The monoisotopic (exact) mass is 411 g/mol. The summed E-state index contributed by atoms with van der Waals surface area (Å²) < 4.78 is 24.7. The Labute approximate surface area is 173 Å². The number of aryl methyl sites for hydroxylation is 2. The molecule has 9 heteroatoms. The van der Waals surface area contributed by atoms with E-state index < -0.39 is 5.82 Å². The molecule has 2 aromatic heterocycles. The number of hydrogen-bond donors (Lipinski definition) is 2. The van der Waals surface area contributed by atoms with Crippen LogP contribution in [0, 0.1) is 5.82 Å². The Morgan fingerprint density at radius 3 is 2.40 bits per heavy atom. The number of halogens is 1. The zero-order valence-electron chi connectivity index (χ0n) is 16.9. The number of carbonyl (C=O) groups is 1. The van der Waals surface area contributed by atoms with Gasteiger partial charge in [-0.2, -0.15) is 0 Å². The van der Waals surface area contributed by atoms with E-state index in [0.717, 1.165) is 11.3 Å². The van der Waals surface area contributed by atoms with Crippen molar-refractivity contribution in [2.75, 3.05) is 26.6 Å². The maximum Gasteiger partial charge on any atom is 0.251 e. The first kappa shape index (κ1) is 21.0. The Morgan fingerprint density at radius 1 is 1.03 bits per heavy atom. The molecule has 0 unspecified atom stereocenters. The summed E-state index contributed by atoms with van der Waals surface area (Å²) in [6.07, 6.45) is 5.83. The molecule has 2 N–H and O–H groups in total. The average Bonchev–Trinajstić information content (AvgIpc) is 2.79. The van der Waals surface area contributed by atoms with Crippen LogP contribution >= 0.6 is 0 Å². The van der Waals surface area contributed by atoms with Crippen molar-refractivity contribution in [3.63, 3.8) is 0 Å². The van der Waals surface area contributed by atoms with E-state index in [1.54, 1.807) is 37.8 Å². The minimum absolute atomic E-state index is 0.0370. The van der Waals surface area contributed by atoms with Gasteiger partial charge < -0.3 is 20.1 Å². The Balaban J connectivity index is 1.68. The van der Waals surface area contributed by atoms with E-state index in [1.807, 2.05) is 0 Å². The van der Waals surface area contributed by atoms with Crippen molar-refractivity contribution in [3.05, 3.63) is 65.4 Å². The molecular weight excluding hydrogens is 389 g/mol. The molecule has 0 saturated heterocycles. The molecule has 3 rings (SSSR count). The number of nitrogens with one attached hydrogen (secondary N) is 2. The fourth-order valence-electron chi connectivity index (χ4n) is 2.79. The van der Waals surface area contributed by atoms with Crippen LogP contribution in [0.25, 0.3) is 0 Å². The number of benzene rings is 1. The highest BCUT2D eigenvalue weighted by molar-refractivity contribution is 5.94. The normalized spacial score (nSPS) is 10.4. The smallest absolute Gasteiger partial charge is 0.251 e. The van der Waals surface area contributed by atoms with E-state index in [1.165, 1.54) is 26.3 Å². The lowest BCUT2D eigenvalue weighted by Gasteiger charge is -2.11. The van der Waals surface area contributed by atoms with Crippen molar-refractivity contribution in [2.24, 2.45) is 0 Å². The van der Waals surface area contributed by atoms with Gasteiger partial charge in [0, 0.05) is 31.1 Å². The first-order chi connectivity index (χ1) is 14.5. The molecule has 0 radical (unpaired) electrons. The molecule has 8 nitrogen and oxygen atoms in total. The molecule has 0 bridgehead atoms. The summed E-state index contributed by atoms with van der Waals surface area (Å²) in [5.74, 6) is 0.189. The summed E-state index contributed by atoms with van der Waals surface area (Å²) in [5, 5.41) is 5.58. The number of amides is 1. The fourth-order valence-corrected chi connectivity index (χ4v) is 2.79. The number of rotatable bonds is 8. The molecule has 0 spiro atoms. The fraction of sp³-hybridized carbons (Fsp3) is 0.238.